The predicted molar refractivity (Wildman–Crippen MR) is 94.0 cm³/mol. The minimum Gasteiger partial charge on any atom is -0.309 e. The number of aryl methyl sites for hydroxylation is 2. The molecule has 0 aliphatic heterocycles. The van der Waals surface area contributed by atoms with Gasteiger partial charge in [-0.05, 0) is 32.4 Å². The predicted octanol–water partition coefficient (Wildman–Crippen LogP) is 3.12. The molecule has 5 heteroatoms. The summed E-state index contributed by atoms with van der Waals surface area (Å²) in [5.41, 5.74) is 3.84. The van der Waals surface area contributed by atoms with Crippen LogP contribution in [0.4, 0.5) is 0 Å². The van der Waals surface area contributed by atoms with E-state index in [0.717, 1.165) is 18.7 Å². The molecule has 0 aromatic heterocycles. The van der Waals surface area contributed by atoms with E-state index in [2.05, 4.69) is 44.3 Å². The average Bonchev–Trinajstić information content (AvgIpc) is 2.35. The monoisotopic (exact) mass is 329 g/mol. The van der Waals surface area contributed by atoms with Gasteiger partial charge in [0.05, 0.1) is 5.75 Å². The number of nitrogens with one attached hydrogen (secondary N) is 1. The summed E-state index contributed by atoms with van der Waals surface area (Å²) in [5, 5.41) is 3.57. The van der Waals surface area contributed by atoms with Crippen LogP contribution < -0.4 is 5.32 Å². The molecule has 1 aromatic rings. The van der Waals surface area contributed by atoms with Gasteiger partial charge >= 0.3 is 0 Å². The molecule has 1 N–H and O–H groups in total. The van der Waals surface area contributed by atoms with Crippen LogP contribution in [0, 0.1) is 13.8 Å². The van der Waals surface area contributed by atoms with E-state index in [1.807, 2.05) is 0 Å². The zero-order chi connectivity index (χ0) is 15.9. The summed E-state index contributed by atoms with van der Waals surface area (Å²) in [6, 6.07) is 6.90. The van der Waals surface area contributed by atoms with Crippen LogP contribution in [0.5, 0.6) is 0 Å². The van der Waals surface area contributed by atoms with Crippen molar-refractivity contribution in [3.8, 4) is 0 Å². The van der Waals surface area contributed by atoms with E-state index in [9.17, 15) is 8.42 Å². The van der Waals surface area contributed by atoms with Gasteiger partial charge < -0.3 is 5.32 Å². The van der Waals surface area contributed by atoms with E-state index in [1.54, 1.807) is 11.8 Å². The Hall–Kier alpha value is -0.520. The van der Waals surface area contributed by atoms with Crippen LogP contribution in [0.25, 0.3) is 0 Å². The third-order valence-electron chi connectivity index (χ3n) is 3.17. The Morgan fingerprint density at radius 2 is 1.81 bits per heavy atom. The van der Waals surface area contributed by atoms with Crippen molar-refractivity contribution in [1.82, 2.24) is 5.32 Å². The van der Waals surface area contributed by atoms with Gasteiger partial charge in [-0.15, -0.1) is 0 Å². The normalized spacial score (nSPS) is 13.3. The SMILES string of the molecule is CCCNC(CSCCS(C)(=O)=O)c1cc(C)cc(C)c1. The van der Waals surface area contributed by atoms with Gasteiger partial charge in [-0.2, -0.15) is 11.8 Å². The Labute approximate surface area is 133 Å². The quantitative estimate of drug-likeness (QED) is 0.707. The molecule has 3 nitrogen and oxygen atoms in total. The minimum absolute atomic E-state index is 0.255. The van der Waals surface area contributed by atoms with Gasteiger partial charge in [0.15, 0.2) is 0 Å². The Morgan fingerprint density at radius 3 is 2.33 bits per heavy atom. The first kappa shape index (κ1) is 18.5. The molecular formula is C16H27NO2S2. The number of thioether (sulfide) groups is 1. The summed E-state index contributed by atoms with van der Waals surface area (Å²) in [6.45, 7) is 7.36. The van der Waals surface area contributed by atoms with Crippen molar-refractivity contribution in [2.45, 2.75) is 33.2 Å². The lowest BCUT2D eigenvalue weighted by Gasteiger charge is -2.20. The average molecular weight is 330 g/mol. The molecule has 0 amide bonds. The molecule has 1 aromatic carbocycles. The van der Waals surface area contributed by atoms with E-state index < -0.39 is 9.84 Å². The molecule has 1 atom stereocenters. The fraction of sp³-hybridized carbons (Fsp3) is 0.625. The van der Waals surface area contributed by atoms with Crippen LogP contribution in [-0.4, -0.2) is 38.5 Å². The maximum atomic E-state index is 11.2. The van der Waals surface area contributed by atoms with Crippen LogP contribution in [-0.2, 0) is 9.84 Å². The molecule has 21 heavy (non-hydrogen) atoms. The smallest absolute Gasteiger partial charge is 0.148 e. The first-order valence-corrected chi connectivity index (χ1v) is 10.6. The van der Waals surface area contributed by atoms with Crippen LogP contribution in [0.1, 0.15) is 36.1 Å². The molecule has 0 heterocycles. The van der Waals surface area contributed by atoms with Crippen molar-refractivity contribution in [3.63, 3.8) is 0 Å². The fourth-order valence-electron chi connectivity index (χ4n) is 2.21. The number of rotatable bonds is 9. The highest BCUT2D eigenvalue weighted by Gasteiger charge is 2.12. The summed E-state index contributed by atoms with van der Waals surface area (Å²) in [7, 11) is -2.86. The molecule has 0 aliphatic rings. The molecule has 0 saturated carbocycles. The largest absolute Gasteiger partial charge is 0.309 e. The van der Waals surface area contributed by atoms with Gasteiger partial charge in [-0.3, -0.25) is 0 Å². The number of sulfone groups is 1. The first-order chi connectivity index (χ1) is 9.81. The van der Waals surface area contributed by atoms with Crippen molar-refractivity contribution < 1.29 is 8.42 Å². The topological polar surface area (TPSA) is 46.2 Å². The molecule has 0 bridgehead atoms. The van der Waals surface area contributed by atoms with Gasteiger partial charge in [0.2, 0.25) is 0 Å². The van der Waals surface area contributed by atoms with E-state index in [-0.39, 0.29) is 11.8 Å². The highest BCUT2D eigenvalue weighted by atomic mass is 32.2. The summed E-state index contributed by atoms with van der Waals surface area (Å²) in [5.74, 6) is 1.82. The summed E-state index contributed by atoms with van der Waals surface area (Å²) >= 11 is 1.70. The Balaban J connectivity index is 2.66. The molecule has 0 fully saturated rings. The molecular weight excluding hydrogens is 302 g/mol. The molecule has 1 unspecified atom stereocenters. The van der Waals surface area contributed by atoms with Gasteiger partial charge in [0, 0.05) is 23.8 Å². The lowest BCUT2D eigenvalue weighted by Crippen LogP contribution is -2.24. The second-order valence-corrected chi connectivity index (χ2v) is 9.04. The standard InChI is InChI=1S/C16H27NO2S2/c1-5-6-17-16(12-20-7-8-21(4,18)19)15-10-13(2)9-14(3)11-15/h9-11,16-17H,5-8,12H2,1-4H3. The highest BCUT2D eigenvalue weighted by Crippen LogP contribution is 2.21. The van der Waals surface area contributed by atoms with E-state index in [0.29, 0.717) is 5.75 Å². The van der Waals surface area contributed by atoms with Crippen molar-refractivity contribution in [3.05, 3.63) is 34.9 Å². The highest BCUT2D eigenvalue weighted by molar-refractivity contribution is 8.00. The molecule has 0 spiro atoms. The summed E-state index contributed by atoms with van der Waals surface area (Å²) in [6.07, 6.45) is 2.39. The Morgan fingerprint density at radius 1 is 1.19 bits per heavy atom. The van der Waals surface area contributed by atoms with Gasteiger partial charge in [-0.1, -0.05) is 36.2 Å². The second kappa shape index (κ2) is 8.81. The van der Waals surface area contributed by atoms with Crippen LogP contribution in [0.2, 0.25) is 0 Å². The first-order valence-electron chi connectivity index (χ1n) is 7.39. The van der Waals surface area contributed by atoms with Crippen LogP contribution >= 0.6 is 11.8 Å². The van der Waals surface area contributed by atoms with E-state index >= 15 is 0 Å². The third-order valence-corrected chi connectivity index (χ3v) is 5.44. The minimum atomic E-state index is -2.86. The molecule has 1 rings (SSSR count). The maximum Gasteiger partial charge on any atom is 0.148 e. The second-order valence-electron chi connectivity index (χ2n) is 5.63. The fourth-order valence-corrected chi connectivity index (χ4v) is 4.61. The molecule has 0 radical (unpaired) electrons. The Kier molecular flexibility index (Phi) is 7.77. The van der Waals surface area contributed by atoms with Gasteiger partial charge in [-0.25, -0.2) is 8.42 Å². The molecule has 0 saturated heterocycles. The van der Waals surface area contributed by atoms with Crippen LogP contribution in [0.3, 0.4) is 0 Å². The lowest BCUT2D eigenvalue weighted by atomic mass is 10.0. The maximum absolute atomic E-state index is 11.2. The third kappa shape index (κ3) is 7.88. The van der Waals surface area contributed by atoms with Gasteiger partial charge in [0.1, 0.15) is 9.84 Å². The van der Waals surface area contributed by atoms with Crippen molar-refractivity contribution in [1.29, 1.82) is 0 Å². The van der Waals surface area contributed by atoms with Crippen molar-refractivity contribution in [2.24, 2.45) is 0 Å². The summed E-state index contributed by atoms with van der Waals surface area (Å²) < 4.78 is 22.4. The van der Waals surface area contributed by atoms with E-state index in [1.165, 1.54) is 22.9 Å². The zero-order valence-corrected chi connectivity index (χ0v) is 15.1. The zero-order valence-electron chi connectivity index (χ0n) is 13.5. The number of benzene rings is 1. The van der Waals surface area contributed by atoms with Crippen molar-refractivity contribution in [2.75, 3.05) is 30.1 Å². The lowest BCUT2D eigenvalue weighted by molar-refractivity contribution is 0.577. The number of hydrogen-bond donors (Lipinski definition) is 1. The molecule has 0 aliphatic carbocycles. The molecule has 120 valence electrons. The Bertz CT molecular complexity index is 521. The van der Waals surface area contributed by atoms with Gasteiger partial charge in [0.25, 0.3) is 0 Å². The number of hydrogen-bond acceptors (Lipinski definition) is 4. The van der Waals surface area contributed by atoms with Crippen LogP contribution in [0.15, 0.2) is 18.2 Å². The summed E-state index contributed by atoms with van der Waals surface area (Å²) in [4.78, 5) is 0. The van der Waals surface area contributed by atoms with E-state index in [4.69, 9.17) is 0 Å². The van der Waals surface area contributed by atoms with Crippen molar-refractivity contribution >= 4 is 21.6 Å².